The maximum absolute atomic E-state index is 5.40. The summed E-state index contributed by atoms with van der Waals surface area (Å²) in [6.45, 7) is 8.06. The van der Waals surface area contributed by atoms with Gasteiger partial charge in [-0.2, -0.15) is 5.10 Å². The molecule has 4 rings (SSSR count). The van der Waals surface area contributed by atoms with Crippen molar-refractivity contribution in [2.45, 2.75) is 46.3 Å². The lowest BCUT2D eigenvalue weighted by Gasteiger charge is -2.27. The zero-order valence-corrected chi connectivity index (χ0v) is 14.8. The summed E-state index contributed by atoms with van der Waals surface area (Å²) in [6, 6.07) is 3.76. The highest BCUT2D eigenvalue weighted by Gasteiger charge is 2.20. The summed E-state index contributed by atoms with van der Waals surface area (Å²) in [5.74, 6) is 1.40. The van der Waals surface area contributed by atoms with Crippen LogP contribution in [0.2, 0.25) is 0 Å². The molecule has 4 heterocycles. The van der Waals surface area contributed by atoms with Crippen LogP contribution >= 0.6 is 0 Å². The predicted molar refractivity (Wildman–Crippen MR) is 94.8 cm³/mol. The first-order chi connectivity index (χ1) is 12.2. The maximum Gasteiger partial charge on any atom is 0.195 e. The molecular weight excluding hydrogens is 314 g/mol. The average molecular weight is 337 g/mol. The molecule has 0 unspecified atom stereocenters. The molecule has 6 heteroatoms. The first-order valence-electron chi connectivity index (χ1n) is 8.87. The van der Waals surface area contributed by atoms with Crippen molar-refractivity contribution in [1.29, 1.82) is 0 Å². The minimum Gasteiger partial charge on any atom is -0.461 e. The maximum atomic E-state index is 5.40. The van der Waals surface area contributed by atoms with E-state index in [9.17, 15) is 0 Å². The van der Waals surface area contributed by atoms with Gasteiger partial charge in [-0.15, -0.1) is 0 Å². The number of aromatic nitrogens is 4. The molecule has 1 aliphatic heterocycles. The van der Waals surface area contributed by atoms with Crippen LogP contribution in [-0.2, 0) is 26.1 Å². The van der Waals surface area contributed by atoms with Gasteiger partial charge in [-0.3, -0.25) is 9.58 Å². The van der Waals surface area contributed by atoms with Crippen molar-refractivity contribution in [3.8, 4) is 11.6 Å². The summed E-state index contributed by atoms with van der Waals surface area (Å²) in [5.41, 5.74) is 4.78. The average Bonchev–Trinajstić information content (AvgIpc) is 3.25. The van der Waals surface area contributed by atoms with Crippen LogP contribution in [0.3, 0.4) is 0 Å². The van der Waals surface area contributed by atoms with Crippen molar-refractivity contribution in [1.82, 2.24) is 24.6 Å². The molecule has 6 nitrogen and oxygen atoms in total. The van der Waals surface area contributed by atoms with Crippen molar-refractivity contribution < 1.29 is 4.42 Å². The van der Waals surface area contributed by atoms with Gasteiger partial charge in [-0.25, -0.2) is 9.97 Å². The molecule has 0 aliphatic carbocycles. The highest BCUT2D eigenvalue weighted by Crippen LogP contribution is 2.22. The number of aryl methyl sites for hydroxylation is 2. The Bertz CT molecular complexity index is 853. The second-order valence-corrected chi connectivity index (χ2v) is 6.61. The Hall–Kier alpha value is -2.47. The van der Waals surface area contributed by atoms with E-state index < -0.39 is 0 Å². The molecule has 0 fully saturated rings. The number of hydrogen-bond donors (Lipinski definition) is 0. The third-order valence-electron chi connectivity index (χ3n) is 4.65. The molecule has 1 aliphatic rings. The third-order valence-corrected chi connectivity index (χ3v) is 4.65. The minimum atomic E-state index is 0.675. The monoisotopic (exact) mass is 337 g/mol. The number of fused-ring (bicyclic) bond motifs is 1. The Morgan fingerprint density at radius 1 is 1.32 bits per heavy atom. The lowest BCUT2D eigenvalue weighted by Crippen LogP contribution is -2.31. The van der Waals surface area contributed by atoms with E-state index in [-0.39, 0.29) is 0 Å². The van der Waals surface area contributed by atoms with Gasteiger partial charge in [0.05, 0.1) is 17.7 Å². The van der Waals surface area contributed by atoms with Gasteiger partial charge in [0.15, 0.2) is 11.6 Å². The summed E-state index contributed by atoms with van der Waals surface area (Å²) >= 11 is 0. The smallest absolute Gasteiger partial charge is 0.195 e. The van der Waals surface area contributed by atoms with Gasteiger partial charge in [0.1, 0.15) is 0 Å². The van der Waals surface area contributed by atoms with Crippen molar-refractivity contribution >= 4 is 0 Å². The first kappa shape index (κ1) is 16.0. The van der Waals surface area contributed by atoms with E-state index in [1.807, 2.05) is 18.3 Å². The molecule has 0 amide bonds. The summed E-state index contributed by atoms with van der Waals surface area (Å²) in [5, 5.41) is 4.61. The van der Waals surface area contributed by atoms with Crippen molar-refractivity contribution in [2.75, 3.05) is 6.54 Å². The van der Waals surface area contributed by atoms with Crippen molar-refractivity contribution in [3.05, 3.63) is 53.3 Å². The molecule has 0 saturated heterocycles. The second kappa shape index (κ2) is 6.80. The minimum absolute atomic E-state index is 0.675. The van der Waals surface area contributed by atoms with Crippen molar-refractivity contribution in [3.63, 3.8) is 0 Å². The lowest BCUT2D eigenvalue weighted by atomic mass is 10.1. The summed E-state index contributed by atoms with van der Waals surface area (Å²) < 4.78 is 7.46. The van der Waals surface area contributed by atoms with E-state index in [2.05, 4.69) is 39.7 Å². The summed E-state index contributed by atoms with van der Waals surface area (Å²) in [7, 11) is 0. The fraction of sp³-hybridized carbons (Fsp3) is 0.421. The van der Waals surface area contributed by atoms with Crippen LogP contribution in [0.15, 0.2) is 35.2 Å². The van der Waals surface area contributed by atoms with E-state index in [0.717, 1.165) is 56.2 Å². The molecule has 3 aromatic rings. The highest BCUT2D eigenvalue weighted by atomic mass is 16.3. The number of nitrogens with zero attached hydrogens (tertiary/aromatic N) is 5. The van der Waals surface area contributed by atoms with Gasteiger partial charge >= 0.3 is 0 Å². The Morgan fingerprint density at radius 2 is 2.24 bits per heavy atom. The van der Waals surface area contributed by atoms with Crippen LogP contribution in [0.4, 0.5) is 0 Å². The normalized spacial score (nSPS) is 14.6. The van der Waals surface area contributed by atoms with Gasteiger partial charge in [0.25, 0.3) is 0 Å². The van der Waals surface area contributed by atoms with Crippen LogP contribution < -0.4 is 0 Å². The van der Waals surface area contributed by atoms with Crippen LogP contribution in [0, 0.1) is 6.92 Å². The lowest BCUT2D eigenvalue weighted by molar-refractivity contribution is 0.242. The van der Waals surface area contributed by atoms with E-state index in [1.54, 1.807) is 6.26 Å². The zero-order chi connectivity index (χ0) is 17.2. The predicted octanol–water partition coefficient (Wildman–Crippen LogP) is 3.21. The van der Waals surface area contributed by atoms with Gasteiger partial charge < -0.3 is 4.42 Å². The third kappa shape index (κ3) is 3.35. The molecule has 130 valence electrons. The molecular formula is C19H23N5O. The standard InChI is InChI=1S/C19H23N5O/c1-3-7-24-13-16(14(2)22-24)12-23-8-6-17-15(11-23)10-20-19(21-17)18-5-4-9-25-18/h4-5,9-10,13H,3,6-8,11-12H2,1-2H3. The van der Waals surface area contributed by atoms with Crippen molar-refractivity contribution in [2.24, 2.45) is 0 Å². The van der Waals surface area contributed by atoms with Crippen LogP contribution in [0.1, 0.15) is 35.9 Å². The Morgan fingerprint density at radius 3 is 3.04 bits per heavy atom. The number of rotatable bonds is 5. The summed E-state index contributed by atoms with van der Waals surface area (Å²) in [6.07, 6.45) is 7.83. The number of hydrogen-bond acceptors (Lipinski definition) is 5. The molecule has 25 heavy (non-hydrogen) atoms. The van der Waals surface area contributed by atoms with E-state index >= 15 is 0 Å². The zero-order valence-electron chi connectivity index (χ0n) is 14.8. The van der Waals surface area contributed by atoms with Crippen LogP contribution in [0.25, 0.3) is 11.6 Å². The van der Waals surface area contributed by atoms with Gasteiger partial charge in [-0.05, 0) is 25.5 Å². The Labute approximate surface area is 147 Å². The molecule has 0 saturated carbocycles. The van der Waals surface area contributed by atoms with Crippen LogP contribution in [0.5, 0.6) is 0 Å². The molecule has 0 atom stereocenters. The fourth-order valence-corrected chi connectivity index (χ4v) is 3.33. The molecule has 0 N–H and O–H groups in total. The van der Waals surface area contributed by atoms with Gasteiger partial charge in [-0.1, -0.05) is 6.92 Å². The molecule has 0 spiro atoms. The second-order valence-electron chi connectivity index (χ2n) is 6.61. The molecule has 0 aromatic carbocycles. The van der Waals surface area contributed by atoms with Gasteiger partial charge in [0.2, 0.25) is 0 Å². The number of furan rings is 1. The van der Waals surface area contributed by atoms with E-state index in [1.165, 1.54) is 11.1 Å². The van der Waals surface area contributed by atoms with Gasteiger partial charge in [0, 0.05) is 56.1 Å². The SMILES string of the molecule is CCCn1cc(CN2CCc3nc(-c4ccco4)ncc3C2)c(C)n1. The first-order valence-corrected chi connectivity index (χ1v) is 8.87. The molecule has 0 radical (unpaired) electrons. The Balaban J connectivity index is 1.48. The molecule has 3 aromatic heterocycles. The molecule has 0 bridgehead atoms. The summed E-state index contributed by atoms with van der Waals surface area (Å²) in [4.78, 5) is 11.6. The van der Waals surface area contributed by atoms with E-state index in [0.29, 0.717) is 5.82 Å². The fourth-order valence-electron chi connectivity index (χ4n) is 3.33. The largest absolute Gasteiger partial charge is 0.461 e. The highest BCUT2D eigenvalue weighted by molar-refractivity contribution is 5.46. The van der Waals surface area contributed by atoms with E-state index in [4.69, 9.17) is 9.40 Å². The van der Waals surface area contributed by atoms with Crippen LogP contribution in [-0.4, -0.2) is 31.2 Å². The Kier molecular flexibility index (Phi) is 4.36. The topological polar surface area (TPSA) is 60.0 Å². The quantitative estimate of drug-likeness (QED) is 0.715.